The molecule has 9 heteroatoms. The van der Waals surface area contributed by atoms with Crippen molar-refractivity contribution in [2.45, 2.75) is 11.9 Å². The van der Waals surface area contributed by atoms with Crippen LogP contribution in [0.3, 0.4) is 0 Å². The van der Waals surface area contributed by atoms with Crippen molar-refractivity contribution in [1.29, 1.82) is 0 Å². The maximum Gasteiger partial charge on any atom is 0.343 e. The van der Waals surface area contributed by atoms with Gasteiger partial charge in [0.2, 0.25) is 0 Å². The molecule has 0 aliphatic rings. The molecule has 0 saturated carbocycles. The Hall–Kier alpha value is -2.11. The Labute approximate surface area is 162 Å². The molecule has 0 bridgehead atoms. The average Bonchev–Trinajstić information content (AvgIpc) is 2.65. The van der Waals surface area contributed by atoms with E-state index in [0.717, 1.165) is 22.3 Å². The molecule has 3 N–H and O–H groups in total. The van der Waals surface area contributed by atoms with Gasteiger partial charge in [-0.25, -0.2) is 4.57 Å². The van der Waals surface area contributed by atoms with Gasteiger partial charge in [-0.1, -0.05) is 54.6 Å². The molecule has 3 rings (SSSR count). The topological polar surface area (TPSA) is 122 Å². The van der Waals surface area contributed by atoms with Crippen molar-refractivity contribution in [2.75, 3.05) is 0 Å². The number of hydrogen-bond acceptors (Lipinski definition) is 3. The number of aromatic nitrogens is 1. The highest BCUT2D eigenvalue weighted by Gasteiger charge is 2.40. The summed E-state index contributed by atoms with van der Waals surface area (Å²) < 4.78 is 24.2. The lowest BCUT2D eigenvalue weighted by atomic mass is 10.0. The molecule has 0 aliphatic carbocycles. The van der Waals surface area contributed by atoms with Crippen molar-refractivity contribution in [2.24, 2.45) is 0 Å². The number of nitrogens with zero attached hydrogens (tertiary/aromatic N) is 1. The molecule has 7 nitrogen and oxygen atoms in total. The SMILES string of the molecule is O=P([O-])(O)C(C[n+]1cccc(-c2ccc(-c3ccccc3)cc2)c1)P(=O)(O)O. The van der Waals surface area contributed by atoms with Gasteiger partial charge >= 0.3 is 7.60 Å². The largest absolute Gasteiger partial charge is 0.778 e. The van der Waals surface area contributed by atoms with Crippen LogP contribution >= 0.6 is 15.2 Å². The zero-order chi connectivity index (χ0) is 20.4. The van der Waals surface area contributed by atoms with Gasteiger partial charge in [0.05, 0.1) is 0 Å². The molecule has 1 aromatic heterocycles. The van der Waals surface area contributed by atoms with Gasteiger partial charge in [-0.15, -0.1) is 0 Å². The fourth-order valence-electron chi connectivity index (χ4n) is 2.88. The molecule has 146 valence electrons. The van der Waals surface area contributed by atoms with Crippen molar-refractivity contribution in [3.8, 4) is 22.3 Å². The molecule has 1 heterocycles. The predicted molar refractivity (Wildman–Crippen MR) is 103 cm³/mol. The Morgan fingerprint density at radius 3 is 1.82 bits per heavy atom. The van der Waals surface area contributed by atoms with E-state index in [4.69, 9.17) is 0 Å². The highest BCUT2D eigenvalue weighted by atomic mass is 31.2. The minimum atomic E-state index is -5.22. The second-order valence-corrected chi connectivity index (χ2v) is 10.3. The third kappa shape index (κ3) is 5.03. The number of rotatable bonds is 6. The first-order valence-corrected chi connectivity index (χ1v) is 11.7. The van der Waals surface area contributed by atoms with Crippen LogP contribution in [0, 0.1) is 0 Å². The summed E-state index contributed by atoms with van der Waals surface area (Å²) in [7, 11) is -10.3. The fourth-order valence-corrected chi connectivity index (χ4v) is 5.20. The van der Waals surface area contributed by atoms with Crippen molar-refractivity contribution < 1.29 is 33.3 Å². The van der Waals surface area contributed by atoms with E-state index in [9.17, 15) is 28.7 Å². The van der Waals surface area contributed by atoms with Crippen molar-refractivity contribution >= 4 is 15.2 Å². The normalized spacial score (nSPS) is 15.0. The van der Waals surface area contributed by atoms with Gasteiger partial charge in [0, 0.05) is 11.6 Å². The van der Waals surface area contributed by atoms with Crippen LogP contribution < -0.4 is 9.46 Å². The summed E-state index contributed by atoms with van der Waals surface area (Å²) in [4.78, 5) is 39.1. The summed E-state index contributed by atoms with van der Waals surface area (Å²) in [5.74, 6) is 0. The summed E-state index contributed by atoms with van der Waals surface area (Å²) in [6, 6.07) is 21.0. The van der Waals surface area contributed by atoms with E-state index in [-0.39, 0.29) is 0 Å². The second kappa shape index (κ2) is 8.10. The third-order valence-corrected chi connectivity index (χ3v) is 7.96. The maximum atomic E-state index is 11.5. The molecule has 3 aromatic rings. The van der Waals surface area contributed by atoms with Crippen LogP contribution in [0.1, 0.15) is 0 Å². The number of benzene rings is 2. The lowest BCUT2D eigenvalue weighted by molar-refractivity contribution is -0.694. The van der Waals surface area contributed by atoms with Gasteiger partial charge in [-0.05, 0) is 22.8 Å². The molecule has 0 fully saturated rings. The summed E-state index contributed by atoms with van der Waals surface area (Å²) in [5, 5.41) is -2.19. The Morgan fingerprint density at radius 1 is 0.786 bits per heavy atom. The van der Waals surface area contributed by atoms with E-state index in [1.54, 1.807) is 18.3 Å². The molecule has 28 heavy (non-hydrogen) atoms. The molecule has 0 radical (unpaired) electrons. The van der Waals surface area contributed by atoms with Gasteiger partial charge < -0.3 is 24.1 Å². The van der Waals surface area contributed by atoms with E-state index in [0.29, 0.717) is 0 Å². The summed E-state index contributed by atoms with van der Waals surface area (Å²) in [6.45, 7) is -0.558. The second-order valence-electron chi connectivity index (χ2n) is 6.37. The predicted octanol–water partition coefficient (Wildman–Crippen LogP) is 2.36. The van der Waals surface area contributed by atoms with Crippen LogP contribution in [-0.4, -0.2) is 20.1 Å². The van der Waals surface area contributed by atoms with E-state index < -0.39 is 27.1 Å². The van der Waals surface area contributed by atoms with E-state index in [1.807, 2.05) is 54.6 Å². The minimum absolute atomic E-state index is 0.558. The molecule has 2 aromatic carbocycles. The molecule has 2 atom stereocenters. The Balaban J connectivity index is 1.87. The van der Waals surface area contributed by atoms with Crippen LogP contribution in [0.4, 0.5) is 0 Å². The molecule has 0 amide bonds. The quantitative estimate of drug-likeness (QED) is 0.417. The molecule has 0 saturated heterocycles. The highest BCUT2D eigenvalue weighted by molar-refractivity contribution is 7.70. The summed E-state index contributed by atoms with van der Waals surface area (Å²) >= 11 is 0. The third-order valence-electron chi connectivity index (χ3n) is 4.32. The summed E-state index contributed by atoms with van der Waals surface area (Å²) in [5.41, 5.74) is 3.72. The standard InChI is InChI=1S/C19H19NO6P2/c21-27(22,23)19(28(24,25)26)14-20-12-4-7-18(13-20)17-10-8-16(9-11-17)15-5-2-1-3-6-15/h1-13,19H,14H2,(H3-,21,22,23,24,25,26). The van der Waals surface area contributed by atoms with Gasteiger partial charge in [0.1, 0.15) is 0 Å². The van der Waals surface area contributed by atoms with Crippen molar-refractivity contribution in [3.63, 3.8) is 0 Å². The highest BCUT2D eigenvalue weighted by Crippen LogP contribution is 2.57. The first-order chi connectivity index (χ1) is 13.1. The van der Waals surface area contributed by atoms with Crippen LogP contribution in [0.2, 0.25) is 0 Å². The zero-order valence-electron chi connectivity index (χ0n) is 14.7. The smallest absolute Gasteiger partial charge is 0.343 e. The number of hydrogen-bond donors (Lipinski definition) is 3. The zero-order valence-corrected chi connectivity index (χ0v) is 16.5. The van der Waals surface area contributed by atoms with Crippen molar-refractivity contribution in [3.05, 3.63) is 79.1 Å². The monoisotopic (exact) mass is 419 g/mol. The Bertz CT molecular complexity index is 1020. The van der Waals surface area contributed by atoms with Gasteiger partial charge in [-0.2, -0.15) is 0 Å². The van der Waals surface area contributed by atoms with E-state index in [2.05, 4.69) is 0 Å². The first-order valence-electron chi connectivity index (χ1n) is 8.38. The number of pyridine rings is 1. The van der Waals surface area contributed by atoms with Crippen LogP contribution in [-0.2, 0) is 15.7 Å². The molecule has 2 unspecified atom stereocenters. The lowest BCUT2D eigenvalue weighted by Gasteiger charge is -2.25. The molecule has 0 spiro atoms. The Morgan fingerprint density at radius 2 is 1.29 bits per heavy atom. The molecular weight excluding hydrogens is 400 g/mol. The molecular formula is C19H19NO6P2. The fraction of sp³-hybridized carbons (Fsp3) is 0.105. The van der Waals surface area contributed by atoms with Crippen LogP contribution in [0.25, 0.3) is 22.3 Å². The lowest BCUT2D eigenvalue weighted by Crippen LogP contribution is -2.40. The van der Waals surface area contributed by atoms with Crippen LogP contribution in [0.15, 0.2) is 79.1 Å². The van der Waals surface area contributed by atoms with Gasteiger partial charge in [0.15, 0.2) is 31.9 Å². The van der Waals surface area contributed by atoms with Gasteiger partial charge in [0.25, 0.3) is 0 Å². The van der Waals surface area contributed by atoms with Gasteiger partial charge in [-0.3, -0.25) is 4.57 Å². The maximum absolute atomic E-state index is 11.5. The summed E-state index contributed by atoms with van der Waals surface area (Å²) in [6.07, 6.45) is 3.07. The minimum Gasteiger partial charge on any atom is -0.778 e. The average molecular weight is 419 g/mol. The Kier molecular flexibility index (Phi) is 5.96. The van der Waals surface area contributed by atoms with E-state index in [1.165, 1.54) is 10.8 Å². The van der Waals surface area contributed by atoms with Crippen molar-refractivity contribution in [1.82, 2.24) is 0 Å². The first kappa shape index (κ1) is 20.6. The van der Waals surface area contributed by atoms with Crippen LogP contribution in [0.5, 0.6) is 0 Å². The molecule has 0 aliphatic heterocycles. The van der Waals surface area contributed by atoms with E-state index >= 15 is 0 Å².